The Bertz CT molecular complexity index is 1420. The van der Waals surface area contributed by atoms with Gasteiger partial charge in [-0.1, -0.05) is 6.07 Å². The molecule has 4 rings (SSSR count). The summed E-state index contributed by atoms with van der Waals surface area (Å²) >= 11 is 0. The Balaban J connectivity index is 0.000000507. The number of nitrogen functional groups attached to an aromatic ring is 1. The third kappa shape index (κ3) is 8.21. The van der Waals surface area contributed by atoms with Crippen molar-refractivity contribution in [3.63, 3.8) is 0 Å². The minimum absolute atomic E-state index is 0.0515. The van der Waals surface area contributed by atoms with Gasteiger partial charge in [0.2, 0.25) is 5.95 Å². The highest BCUT2D eigenvalue weighted by atomic mass is 16.5. The zero-order valence-electron chi connectivity index (χ0n) is 23.3. The van der Waals surface area contributed by atoms with E-state index < -0.39 is 11.9 Å². The molecule has 1 saturated heterocycles. The molecule has 13 heteroatoms. The Morgan fingerprint density at radius 1 is 1.00 bits per heavy atom. The van der Waals surface area contributed by atoms with Gasteiger partial charge >= 0.3 is 11.9 Å². The van der Waals surface area contributed by atoms with Gasteiger partial charge in [0.05, 0.1) is 19.7 Å². The van der Waals surface area contributed by atoms with E-state index in [1.807, 2.05) is 49.3 Å². The van der Waals surface area contributed by atoms with Gasteiger partial charge in [0.25, 0.3) is 5.91 Å². The number of carboxylic acids is 2. The lowest BCUT2D eigenvalue weighted by Gasteiger charge is -2.32. The number of aliphatic carboxylic acids is 2. The Morgan fingerprint density at radius 3 is 2.17 bits per heavy atom. The van der Waals surface area contributed by atoms with Crippen molar-refractivity contribution in [2.45, 2.75) is 18.9 Å². The lowest BCUT2D eigenvalue weighted by atomic mass is 10.0. The van der Waals surface area contributed by atoms with Crippen molar-refractivity contribution < 1.29 is 34.1 Å². The summed E-state index contributed by atoms with van der Waals surface area (Å²) in [6.07, 6.45) is 2.71. The number of carbonyl (C=O) groups is 3. The van der Waals surface area contributed by atoms with Crippen LogP contribution in [0, 0.1) is 0 Å². The molecule has 0 saturated carbocycles. The Kier molecular flexibility index (Phi) is 10.3. The first-order chi connectivity index (χ1) is 19.5. The molecule has 1 aliphatic heterocycles. The summed E-state index contributed by atoms with van der Waals surface area (Å²) in [5, 5.41) is 19.5. The number of fused-ring (bicyclic) bond motifs is 1. The molecule has 1 amide bonds. The van der Waals surface area contributed by atoms with E-state index >= 15 is 0 Å². The van der Waals surface area contributed by atoms with E-state index in [1.165, 1.54) is 0 Å². The maximum atomic E-state index is 12.7. The molecule has 13 nitrogen and oxygen atoms in total. The average molecular weight is 567 g/mol. The normalized spacial score (nSPS) is 13.3. The number of rotatable bonds is 8. The number of nitrogens with one attached hydrogen (secondary N) is 1. The molecule has 1 aliphatic rings. The van der Waals surface area contributed by atoms with Crippen LogP contribution in [0.25, 0.3) is 10.9 Å². The Morgan fingerprint density at radius 2 is 1.61 bits per heavy atom. The molecule has 0 radical (unpaired) electrons. The first kappa shape index (κ1) is 30.5. The standard InChI is InChI=1S/C24H30N6O3.C4H4O4/c1-29(2)17-7-5-6-15(12-17)23(31)26-16-8-10-30(11-9-16)24-27-19-14-21(33-4)20(32-3)13-18(19)22(25)28-24;5-3(6)1-2-4(7)8/h5-7,12-14,16H,8-11H2,1-4H3,(H,26,31)(H2,25,27,28);1-2H,(H,5,6)(H,7,8)/b;2-1-. The minimum Gasteiger partial charge on any atom is -0.493 e. The number of benzene rings is 2. The lowest BCUT2D eigenvalue weighted by Crippen LogP contribution is -2.45. The fourth-order valence-corrected chi connectivity index (χ4v) is 4.17. The topological polar surface area (TPSA) is 180 Å². The highest BCUT2D eigenvalue weighted by molar-refractivity contribution is 5.95. The predicted molar refractivity (Wildman–Crippen MR) is 155 cm³/mol. The summed E-state index contributed by atoms with van der Waals surface area (Å²) in [6.45, 7) is 1.45. The highest BCUT2D eigenvalue weighted by Crippen LogP contribution is 2.34. The molecule has 2 aromatic carbocycles. The number of ether oxygens (including phenoxy) is 2. The Hall–Kier alpha value is -5.07. The van der Waals surface area contributed by atoms with Crippen LogP contribution < -0.4 is 30.3 Å². The van der Waals surface area contributed by atoms with Crippen molar-refractivity contribution >= 4 is 46.2 Å². The van der Waals surface area contributed by atoms with Crippen LogP contribution in [-0.4, -0.2) is 85.5 Å². The van der Waals surface area contributed by atoms with Crippen molar-refractivity contribution in [3.8, 4) is 11.5 Å². The van der Waals surface area contributed by atoms with Gasteiger partial charge in [0.15, 0.2) is 11.5 Å². The van der Waals surface area contributed by atoms with Crippen molar-refractivity contribution in [3.05, 3.63) is 54.1 Å². The van der Waals surface area contributed by atoms with Gasteiger partial charge in [0, 0.05) is 68.1 Å². The summed E-state index contributed by atoms with van der Waals surface area (Å²) in [5.74, 6) is -0.415. The van der Waals surface area contributed by atoms with Gasteiger partial charge in [-0.3, -0.25) is 4.79 Å². The number of nitrogens with two attached hydrogens (primary N) is 1. The van der Waals surface area contributed by atoms with E-state index in [1.54, 1.807) is 20.3 Å². The van der Waals surface area contributed by atoms with Gasteiger partial charge in [-0.05, 0) is 37.1 Å². The first-order valence-electron chi connectivity index (χ1n) is 12.7. The van der Waals surface area contributed by atoms with Crippen LogP contribution in [-0.2, 0) is 9.59 Å². The highest BCUT2D eigenvalue weighted by Gasteiger charge is 2.24. The van der Waals surface area contributed by atoms with Crippen LogP contribution in [0.2, 0.25) is 0 Å². The van der Waals surface area contributed by atoms with Crippen LogP contribution in [0.4, 0.5) is 17.5 Å². The van der Waals surface area contributed by atoms with E-state index in [0.29, 0.717) is 46.5 Å². The van der Waals surface area contributed by atoms with Crippen LogP contribution in [0.15, 0.2) is 48.6 Å². The fourth-order valence-electron chi connectivity index (χ4n) is 4.17. The number of nitrogens with zero attached hydrogens (tertiary/aromatic N) is 4. The maximum Gasteiger partial charge on any atom is 0.328 e. The molecule has 0 aliphatic carbocycles. The zero-order chi connectivity index (χ0) is 30.1. The number of hydrogen-bond acceptors (Lipinski definition) is 10. The summed E-state index contributed by atoms with van der Waals surface area (Å²) in [7, 11) is 7.09. The smallest absolute Gasteiger partial charge is 0.328 e. The van der Waals surface area contributed by atoms with Crippen molar-refractivity contribution in [2.75, 3.05) is 56.9 Å². The third-order valence-corrected chi connectivity index (χ3v) is 6.32. The van der Waals surface area contributed by atoms with Crippen molar-refractivity contribution in [2.24, 2.45) is 0 Å². The molecule has 3 aromatic rings. The summed E-state index contributed by atoms with van der Waals surface area (Å²) in [5.41, 5.74) is 8.60. The lowest BCUT2D eigenvalue weighted by molar-refractivity contribution is -0.134. The van der Waals surface area contributed by atoms with Crippen molar-refractivity contribution in [1.29, 1.82) is 0 Å². The second-order valence-corrected chi connectivity index (χ2v) is 9.32. The molecule has 2 heterocycles. The molecular weight excluding hydrogens is 532 g/mol. The first-order valence-corrected chi connectivity index (χ1v) is 12.7. The molecular formula is C28H34N6O7. The number of aromatic nitrogens is 2. The molecule has 41 heavy (non-hydrogen) atoms. The number of piperidine rings is 1. The average Bonchev–Trinajstić information content (AvgIpc) is 2.96. The van der Waals surface area contributed by atoms with E-state index in [-0.39, 0.29) is 11.9 Å². The maximum absolute atomic E-state index is 12.7. The monoisotopic (exact) mass is 566 g/mol. The van der Waals surface area contributed by atoms with Gasteiger partial charge < -0.3 is 40.5 Å². The van der Waals surface area contributed by atoms with E-state index in [9.17, 15) is 14.4 Å². The molecule has 0 atom stereocenters. The molecule has 0 bridgehead atoms. The van der Waals surface area contributed by atoms with E-state index in [4.69, 9.17) is 30.4 Å². The van der Waals surface area contributed by atoms with Gasteiger partial charge in [-0.2, -0.15) is 4.98 Å². The number of methoxy groups -OCH3 is 2. The van der Waals surface area contributed by atoms with E-state index in [0.717, 1.165) is 37.0 Å². The summed E-state index contributed by atoms with van der Waals surface area (Å²) in [4.78, 5) is 45.2. The molecule has 5 N–H and O–H groups in total. The second-order valence-electron chi connectivity index (χ2n) is 9.32. The molecule has 0 spiro atoms. The summed E-state index contributed by atoms with van der Waals surface area (Å²) in [6, 6.07) is 11.3. The number of anilines is 3. The molecule has 1 aromatic heterocycles. The number of carboxylic acid groups (broad SMARTS) is 2. The quantitative estimate of drug-likeness (QED) is 0.293. The van der Waals surface area contributed by atoms with Crippen LogP contribution in [0.5, 0.6) is 11.5 Å². The van der Waals surface area contributed by atoms with E-state index in [2.05, 4.69) is 15.2 Å². The summed E-state index contributed by atoms with van der Waals surface area (Å²) < 4.78 is 10.8. The van der Waals surface area contributed by atoms with Gasteiger partial charge in [0.1, 0.15) is 5.82 Å². The number of carbonyl (C=O) groups excluding carboxylic acids is 1. The van der Waals surface area contributed by atoms with Crippen molar-refractivity contribution in [1.82, 2.24) is 15.3 Å². The largest absolute Gasteiger partial charge is 0.493 e. The van der Waals surface area contributed by atoms with Crippen LogP contribution >= 0.6 is 0 Å². The Labute approximate surface area is 237 Å². The third-order valence-electron chi connectivity index (χ3n) is 6.32. The van der Waals surface area contributed by atoms with Gasteiger partial charge in [-0.25, -0.2) is 14.6 Å². The SMILES string of the molecule is COc1cc2nc(N3CCC(NC(=O)c4cccc(N(C)C)c4)CC3)nc(N)c2cc1OC.O=C(O)/C=C\C(=O)O. The zero-order valence-corrected chi connectivity index (χ0v) is 23.3. The van der Waals surface area contributed by atoms with Crippen LogP contribution in [0.3, 0.4) is 0 Å². The minimum atomic E-state index is -1.26. The van der Waals surface area contributed by atoms with Gasteiger partial charge in [-0.15, -0.1) is 0 Å². The fraction of sp³-hybridized carbons (Fsp3) is 0.321. The number of hydrogen-bond donors (Lipinski definition) is 4. The number of amides is 1. The second kappa shape index (κ2) is 13.8. The molecule has 1 fully saturated rings. The molecule has 218 valence electrons. The molecule has 0 unspecified atom stereocenters. The van der Waals surface area contributed by atoms with Crippen LogP contribution in [0.1, 0.15) is 23.2 Å². The predicted octanol–water partition coefficient (Wildman–Crippen LogP) is 2.41.